The first kappa shape index (κ1) is 14.8. The van der Waals surface area contributed by atoms with Gasteiger partial charge < -0.3 is 10.0 Å². The zero-order valence-corrected chi connectivity index (χ0v) is 11.8. The first-order chi connectivity index (χ1) is 10.1. The van der Waals surface area contributed by atoms with Crippen LogP contribution in [-0.2, 0) is 0 Å². The molecular formula is C15H12ClN3O2. The standard InChI is InChI=1S/C15H12ClN3O2/c16-13-9-11(15(20)21)10-14(18-13)19(8-4-7-17)12-5-2-1-3-6-12/h1-3,5-6,9-10H,4,8H2,(H,20,21). The third kappa shape index (κ3) is 3.71. The number of aromatic carboxylic acids is 1. The maximum Gasteiger partial charge on any atom is 0.335 e. The highest BCUT2D eigenvalue weighted by Crippen LogP contribution is 2.26. The van der Waals surface area contributed by atoms with Crippen molar-refractivity contribution in [2.75, 3.05) is 11.4 Å². The molecule has 0 aliphatic carbocycles. The van der Waals surface area contributed by atoms with Gasteiger partial charge in [-0.3, -0.25) is 0 Å². The van der Waals surface area contributed by atoms with Crippen LogP contribution in [0.5, 0.6) is 0 Å². The van der Waals surface area contributed by atoms with Gasteiger partial charge in [0.05, 0.1) is 18.1 Å². The molecule has 1 N–H and O–H groups in total. The van der Waals surface area contributed by atoms with Gasteiger partial charge in [0, 0.05) is 12.2 Å². The summed E-state index contributed by atoms with van der Waals surface area (Å²) in [6, 6.07) is 14.1. The smallest absolute Gasteiger partial charge is 0.335 e. The minimum atomic E-state index is -1.08. The van der Waals surface area contributed by atoms with E-state index in [2.05, 4.69) is 11.1 Å². The second-order valence-electron chi connectivity index (χ2n) is 4.24. The molecule has 0 spiro atoms. The van der Waals surface area contributed by atoms with E-state index in [9.17, 15) is 4.79 Å². The Morgan fingerprint density at radius 1 is 1.33 bits per heavy atom. The molecule has 0 amide bonds. The maximum atomic E-state index is 11.1. The minimum absolute atomic E-state index is 0.0582. The summed E-state index contributed by atoms with van der Waals surface area (Å²) >= 11 is 5.89. The van der Waals surface area contributed by atoms with Crippen LogP contribution in [0.1, 0.15) is 16.8 Å². The number of carboxylic acid groups (broad SMARTS) is 1. The largest absolute Gasteiger partial charge is 0.478 e. The van der Waals surface area contributed by atoms with E-state index in [0.29, 0.717) is 12.4 Å². The summed E-state index contributed by atoms with van der Waals surface area (Å²) in [5.74, 6) is -0.671. The lowest BCUT2D eigenvalue weighted by Crippen LogP contribution is -2.20. The van der Waals surface area contributed by atoms with E-state index in [1.54, 1.807) is 4.90 Å². The van der Waals surface area contributed by atoms with E-state index in [0.717, 1.165) is 5.69 Å². The van der Waals surface area contributed by atoms with E-state index in [4.69, 9.17) is 22.0 Å². The van der Waals surface area contributed by atoms with Crippen molar-refractivity contribution in [1.29, 1.82) is 5.26 Å². The second-order valence-corrected chi connectivity index (χ2v) is 4.62. The van der Waals surface area contributed by atoms with Crippen LogP contribution in [0.25, 0.3) is 0 Å². The highest BCUT2D eigenvalue weighted by molar-refractivity contribution is 6.29. The number of nitriles is 1. The zero-order chi connectivity index (χ0) is 15.2. The lowest BCUT2D eigenvalue weighted by atomic mass is 10.2. The molecule has 0 fully saturated rings. The van der Waals surface area contributed by atoms with Crippen LogP contribution in [0.3, 0.4) is 0 Å². The Morgan fingerprint density at radius 3 is 2.67 bits per heavy atom. The molecule has 106 valence electrons. The number of benzene rings is 1. The Kier molecular flexibility index (Phi) is 4.75. The third-order valence-electron chi connectivity index (χ3n) is 2.82. The molecule has 2 aromatic rings. The summed E-state index contributed by atoms with van der Waals surface area (Å²) in [6.45, 7) is 0.396. The Labute approximate surface area is 127 Å². The summed E-state index contributed by atoms with van der Waals surface area (Å²) < 4.78 is 0. The molecule has 21 heavy (non-hydrogen) atoms. The van der Waals surface area contributed by atoms with Gasteiger partial charge in [-0.2, -0.15) is 5.26 Å². The Hall–Kier alpha value is -2.58. The number of nitrogens with zero attached hydrogens (tertiary/aromatic N) is 3. The Bertz CT molecular complexity index is 683. The van der Waals surface area contributed by atoms with Gasteiger partial charge in [0.25, 0.3) is 0 Å². The summed E-state index contributed by atoms with van der Waals surface area (Å²) in [5, 5.41) is 18.0. The van der Waals surface area contributed by atoms with Gasteiger partial charge in [0.2, 0.25) is 0 Å². The normalized spacial score (nSPS) is 9.90. The van der Waals surface area contributed by atoms with Crippen LogP contribution in [-0.4, -0.2) is 22.6 Å². The number of rotatable bonds is 5. The molecule has 0 bridgehead atoms. The molecule has 1 aromatic heterocycles. The van der Waals surface area contributed by atoms with Gasteiger partial charge in [-0.1, -0.05) is 29.8 Å². The fourth-order valence-electron chi connectivity index (χ4n) is 1.89. The molecule has 1 heterocycles. The number of carbonyl (C=O) groups is 1. The van der Waals surface area contributed by atoms with E-state index in [-0.39, 0.29) is 17.1 Å². The molecular weight excluding hydrogens is 290 g/mol. The van der Waals surface area contributed by atoms with E-state index in [1.165, 1.54) is 12.1 Å². The van der Waals surface area contributed by atoms with E-state index < -0.39 is 5.97 Å². The van der Waals surface area contributed by atoms with Crippen molar-refractivity contribution in [2.45, 2.75) is 6.42 Å². The Balaban J connectivity index is 2.46. The van der Waals surface area contributed by atoms with Gasteiger partial charge in [-0.15, -0.1) is 0 Å². The lowest BCUT2D eigenvalue weighted by molar-refractivity contribution is 0.0697. The summed E-state index contributed by atoms with van der Waals surface area (Å²) in [4.78, 5) is 17.1. The predicted octanol–water partition coefficient (Wildman–Crippen LogP) is 3.48. The molecule has 2 rings (SSSR count). The Morgan fingerprint density at radius 2 is 2.05 bits per heavy atom. The fraction of sp³-hybridized carbons (Fsp3) is 0.133. The summed E-state index contributed by atoms with van der Waals surface area (Å²) in [6.07, 6.45) is 0.283. The quantitative estimate of drug-likeness (QED) is 0.855. The second kappa shape index (κ2) is 6.73. The molecule has 0 saturated carbocycles. The number of halogens is 1. The molecule has 0 saturated heterocycles. The summed E-state index contributed by atoms with van der Waals surface area (Å²) in [7, 11) is 0. The van der Waals surface area contributed by atoms with Crippen LogP contribution >= 0.6 is 11.6 Å². The van der Waals surface area contributed by atoms with Crippen LogP contribution < -0.4 is 4.90 Å². The van der Waals surface area contributed by atoms with E-state index >= 15 is 0 Å². The topological polar surface area (TPSA) is 77.2 Å². The predicted molar refractivity (Wildman–Crippen MR) is 79.9 cm³/mol. The van der Waals surface area contributed by atoms with Crippen LogP contribution in [0.15, 0.2) is 42.5 Å². The van der Waals surface area contributed by atoms with Gasteiger partial charge in [0.1, 0.15) is 11.0 Å². The number of aromatic nitrogens is 1. The van der Waals surface area contributed by atoms with Gasteiger partial charge in [-0.25, -0.2) is 9.78 Å². The van der Waals surface area contributed by atoms with Crippen molar-refractivity contribution in [2.24, 2.45) is 0 Å². The van der Waals surface area contributed by atoms with Crippen molar-refractivity contribution in [3.63, 3.8) is 0 Å². The van der Waals surface area contributed by atoms with Crippen molar-refractivity contribution >= 4 is 29.1 Å². The molecule has 0 atom stereocenters. The lowest BCUT2D eigenvalue weighted by Gasteiger charge is -2.23. The molecule has 0 radical (unpaired) electrons. The maximum absolute atomic E-state index is 11.1. The third-order valence-corrected chi connectivity index (χ3v) is 3.01. The molecule has 6 heteroatoms. The number of para-hydroxylation sites is 1. The first-order valence-corrected chi connectivity index (χ1v) is 6.60. The monoisotopic (exact) mass is 301 g/mol. The average Bonchev–Trinajstić information content (AvgIpc) is 2.48. The number of anilines is 2. The highest BCUT2D eigenvalue weighted by Gasteiger charge is 2.14. The summed E-state index contributed by atoms with van der Waals surface area (Å²) in [5.41, 5.74) is 0.877. The average molecular weight is 302 g/mol. The van der Waals surface area contributed by atoms with Crippen molar-refractivity contribution in [3.05, 3.63) is 53.2 Å². The van der Waals surface area contributed by atoms with Crippen LogP contribution in [0.2, 0.25) is 5.15 Å². The molecule has 0 aliphatic rings. The number of carboxylic acids is 1. The van der Waals surface area contributed by atoms with Crippen molar-refractivity contribution in [3.8, 4) is 6.07 Å². The van der Waals surface area contributed by atoms with Crippen LogP contribution in [0.4, 0.5) is 11.5 Å². The van der Waals surface area contributed by atoms with Crippen LogP contribution in [0, 0.1) is 11.3 Å². The van der Waals surface area contributed by atoms with Gasteiger partial charge in [-0.05, 0) is 24.3 Å². The minimum Gasteiger partial charge on any atom is -0.478 e. The SMILES string of the molecule is N#CCCN(c1ccccc1)c1cc(C(=O)O)cc(Cl)n1. The number of hydrogen-bond donors (Lipinski definition) is 1. The highest BCUT2D eigenvalue weighted by atomic mass is 35.5. The number of pyridine rings is 1. The zero-order valence-electron chi connectivity index (χ0n) is 11.0. The molecule has 5 nitrogen and oxygen atoms in total. The fourth-order valence-corrected chi connectivity index (χ4v) is 2.09. The van der Waals surface area contributed by atoms with E-state index in [1.807, 2.05) is 30.3 Å². The first-order valence-electron chi connectivity index (χ1n) is 6.22. The van der Waals surface area contributed by atoms with Gasteiger partial charge >= 0.3 is 5.97 Å². The van der Waals surface area contributed by atoms with Crippen molar-refractivity contribution in [1.82, 2.24) is 4.98 Å². The molecule has 0 unspecified atom stereocenters. The van der Waals surface area contributed by atoms with Gasteiger partial charge in [0.15, 0.2) is 0 Å². The van der Waals surface area contributed by atoms with Crippen molar-refractivity contribution < 1.29 is 9.90 Å². The molecule has 1 aromatic carbocycles. The number of hydrogen-bond acceptors (Lipinski definition) is 4. The molecule has 0 aliphatic heterocycles.